The Bertz CT molecular complexity index is 482. The van der Waals surface area contributed by atoms with E-state index in [0.717, 1.165) is 31.5 Å². The van der Waals surface area contributed by atoms with Gasteiger partial charge in [0.15, 0.2) is 0 Å². The highest BCUT2D eigenvalue weighted by Gasteiger charge is 2.32. The lowest BCUT2D eigenvalue weighted by molar-refractivity contribution is -0.150. The highest BCUT2D eigenvalue weighted by Crippen LogP contribution is 2.17. The summed E-state index contributed by atoms with van der Waals surface area (Å²) in [6, 6.07) is 0. The zero-order chi connectivity index (χ0) is 16.0. The van der Waals surface area contributed by atoms with Crippen molar-refractivity contribution in [3.63, 3.8) is 0 Å². The summed E-state index contributed by atoms with van der Waals surface area (Å²) in [5, 5.41) is 7.63. The van der Waals surface area contributed by atoms with Crippen molar-refractivity contribution in [3.05, 3.63) is 17.0 Å². The summed E-state index contributed by atoms with van der Waals surface area (Å²) in [4.78, 5) is 12.0. The Balaban J connectivity index is 2.48. The average molecular weight is 295 g/mol. The molecule has 5 heteroatoms. The largest absolute Gasteiger partial charge is 0.465 e. The molecule has 1 unspecified atom stereocenters. The maximum atomic E-state index is 12.0. The first-order valence-corrected chi connectivity index (χ1v) is 7.72. The third kappa shape index (κ3) is 4.30. The summed E-state index contributed by atoms with van der Waals surface area (Å²) in [6.45, 7) is 11.3. The third-order valence-electron chi connectivity index (χ3n) is 4.32. The first-order chi connectivity index (χ1) is 9.85. The topological polar surface area (TPSA) is 56.2 Å². The van der Waals surface area contributed by atoms with E-state index in [1.807, 2.05) is 20.8 Å². The van der Waals surface area contributed by atoms with Gasteiger partial charge in [0.05, 0.1) is 12.3 Å². The van der Waals surface area contributed by atoms with Crippen LogP contribution in [0.15, 0.2) is 0 Å². The van der Waals surface area contributed by atoms with Crippen molar-refractivity contribution in [3.8, 4) is 0 Å². The van der Waals surface area contributed by atoms with E-state index in [2.05, 4.69) is 28.9 Å². The van der Waals surface area contributed by atoms with Crippen molar-refractivity contribution in [2.45, 2.75) is 66.0 Å². The van der Waals surface area contributed by atoms with Gasteiger partial charge in [-0.25, -0.2) is 0 Å². The number of carbonyl (C=O) groups excluding carboxylic acids is 1. The number of unbranched alkanes of at least 4 members (excludes halogenated alkanes) is 1. The molecule has 21 heavy (non-hydrogen) atoms. The van der Waals surface area contributed by atoms with Gasteiger partial charge in [-0.05, 0) is 66.5 Å². The van der Waals surface area contributed by atoms with Gasteiger partial charge in [0.25, 0.3) is 0 Å². The molecule has 0 aliphatic rings. The molecule has 0 spiro atoms. The van der Waals surface area contributed by atoms with E-state index < -0.39 is 5.54 Å². The summed E-state index contributed by atoms with van der Waals surface area (Å²) in [7, 11) is 1.81. The zero-order valence-electron chi connectivity index (χ0n) is 14.2. The van der Waals surface area contributed by atoms with Crippen molar-refractivity contribution in [2.75, 3.05) is 13.7 Å². The molecule has 5 nitrogen and oxygen atoms in total. The fourth-order valence-electron chi connectivity index (χ4n) is 2.36. The molecule has 1 rings (SSSR count). The van der Waals surface area contributed by atoms with Gasteiger partial charge >= 0.3 is 5.97 Å². The summed E-state index contributed by atoms with van der Waals surface area (Å²) < 4.78 is 7.19. The molecule has 1 heterocycles. The molecule has 1 atom stereocenters. The molecule has 0 aromatic carbocycles. The molecule has 0 saturated heterocycles. The quantitative estimate of drug-likeness (QED) is 0.591. The lowest BCUT2D eigenvalue weighted by atomic mass is 9.95. The Morgan fingerprint density at radius 3 is 2.48 bits per heavy atom. The molecule has 0 aliphatic heterocycles. The van der Waals surface area contributed by atoms with Crippen LogP contribution in [-0.4, -0.2) is 34.9 Å². The second-order valence-electron chi connectivity index (χ2n) is 5.78. The van der Waals surface area contributed by atoms with E-state index >= 15 is 0 Å². The van der Waals surface area contributed by atoms with Gasteiger partial charge < -0.3 is 10.1 Å². The predicted molar refractivity (Wildman–Crippen MR) is 84.4 cm³/mol. The lowest BCUT2D eigenvalue weighted by Gasteiger charge is -2.26. The van der Waals surface area contributed by atoms with Gasteiger partial charge in [0, 0.05) is 12.2 Å². The number of hydrogen-bond donors (Lipinski definition) is 1. The van der Waals surface area contributed by atoms with E-state index in [1.165, 1.54) is 11.3 Å². The molecular weight excluding hydrogens is 266 g/mol. The van der Waals surface area contributed by atoms with Crippen LogP contribution < -0.4 is 5.32 Å². The molecular formula is C16H29N3O2. The molecule has 0 fully saturated rings. The van der Waals surface area contributed by atoms with E-state index in [1.54, 1.807) is 7.05 Å². The molecule has 120 valence electrons. The highest BCUT2D eigenvalue weighted by atomic mass is 16.5. The molecule has 1 aromatic heterocycles. The maximum absolute atomic E-state index is 12.0. The number of likely N-dealkylation sites (N-methyl/N-ethyl adjacent to an activating group) is 1. The summed E-state index contributed by atoms with van der Waals surface area (Å²) in [5.74, 6) is -0.172. The van der Waals surface area contributed by atoms with Crippen molar-refractivity contribution < 1.29 is 9.53 Å². The first kappa shape index (κ1) is 17.7. The fraction of sp³-hybridized carbons (Fsp3) is 0.750. The van der Waals surface area contributed by atoms with Crippen LogP contribution in [0.25, 0.3) is 0 Å². The number of aryl methyl sites for hydroxylation is 2. The van der Waals surface area contributed by atoms with Gasteiger partial charge in [-0.1, -0.05) is 0 Å². The van der Waals surface area contributed by atoms with Crippen molar-refractivity contribution in [2.24, 2.45) is 0 Å². The maximum Gasteiger partial charge on any atom is 0.326 e. The summed E-state index contributed by atoms with van der Waals surface area (Å²) >= 11 is 0. The van der Waals surface area contributed by atoms with Crippen LogP contribution in [0.5, 0.6) is 0 Å². The minimum absolute atomic E-state index is 0.172. The van der Waals surface area contributed by atoms with Gasteiger partial charge in [-0.15, -0.1) is 0 Å². The molecule has 0 amide bonds. The number of nitrogens with zero attached hydrogens (tertiary/aromatic N) is 2. The standard InChI is InChI=1S/C16H29N3O2/c1-7-21-15(20)16(5,17-6)10-8-9-11-19-14(4)12(2)13(3)18-19/h17H,7-11H2,1-6H3. The summed E-state index contributed by atoms with van der Waals surface area (Å²) in [6.07, 6.45) is 2.71. The van der Waals surface area contributed by atoms with Gasteiger partial charge in [0.2, 0.25) is 0 Å². The number of hydrogen-bond acceptors (Lipinski definition) is 4. The first-order valence-electron chi connectivity index (χ1n) is 7.72. The molecule has 0 bridgehead atoms. The number of nitrogens with one attached hydrogen (secondary N) is 1. The van der Waals surface area contributed by atoms with Crippen LogP contribution in [-0.2, 0) is 16.1 Å². The Hall–Kier alpha value is -1.36. The average Bonchev–Trinajstić information content (AvgIpc) is 2.71. The van der Waals surface area contributed by atoms with E-state index in [9.17, 15) is 4.79 Å². The number of aromatic nitrogens is 2. The number of rotatable bonds is 8. The summed E-state index contributed by atoms with van der Waals surface area (Å²) in [5.41, 5.74) is 3.00. The van der Waals surface area contributed by atoms with Crippen molar-refractivity contribution in [1.82, 2.24) is 15.1 Å². The highest BCUT2D eigenvalue weighted by molar-refractivity contribution is 5.80. The second kappa shape index (κ2) is 7.59. The Morgan fingerprint density at radius 1 is 1.33 bits per heavy atom. The predicted octanol–water partition coefficient (Wildman–Crippen LogP) is 2.52. The van der Waals surface area contributed by atoms with Crippen molar-refractivity contribution in [1.29, 1.82) is 0 Å². The molecule has 0 saturated carbocycles. The third-order valence-corrected chi connectivity index (χ3v) is 4.32. The van der Waals surface area contributed by atoms with E-state index in [0.29, 0.717) is 6.61 Å². The van der Waals surface area contributed by atoms with E-state index in [-0.39, 0.29) is 5.97 Å². The zero-order valence-corrected chi connectivity index (χ0v) is 14.2. The van der Waals surface area contributed by atoms with Crippen LogP contribution in [0.3, 0.4) is 0 Å². The Kier molecular flexibility index (Phi) is 6.40. The Morgan fingerprint density at radius 2 is 2.00 bits per heavy atom. The van der Waals surface area contributed by atoms with E-state index in [4.69, 9.17) is 4.74 Å². The molecule has 0 aliphatic carbocycles. The van der Waals surface area contributed by atoms with Gasteiger partial charge in [0.1, 0.15) is 5.54 Å². The minimum Gasteiger partial charge on any atom is -0.465 e. The number of esters is 1. The minimum atomic E-state index is -0.596. The second-order valence-corrected chi connectivity index (χ2v) is 5.78. The smallest absolute Gasteiger partial charge is 0.326 e. The molecule has 0 radical (unpaired) electrons. The van der Waals surface area contributed by atoms with Crippen LogP contribution in [0.4, 0.5) is 0 Å². The number of carbonyl (C=O) groups is 1. The Labute approximate surface area is 128 Å². The van der Waals surface area contributed by atoms with Gasteiger partial charge in [-0.2, -0.15) is 5.10 Å². The lowest BCUT2D eigenvalue weighted by Crippen LogP contribution is -2.48. The SMILES string of the molecule is CCOC(=O)C(C)(CCCCn1nc(C)c(C)c1C)NC. The van der Waals surface area contributed by atoms with Crippen LogP contribution in [0.1, 0.15) is 50.1 Å². The molecule has 1 aromatic rings. The van der Waals surface area contributed by atoms with Crippen LogP contribution in [0, 0.1) is 20.8 Å². The monoisotopic (exact) mass is 295 g/mol. The van der Waals surface area contributed by atoms with Crippen LogP contribution in [0.2, 0.25) is 0 Å². The molecule has 1 N–H and O–H groups in total. The van der Waals surface area contributed by atoms with Crippen molar-refractivity contribution >= 4 is 5.97 Å². The van der Waals surface area contributed by atoms with Gasteiger partial charge in [-0.3, -0.25) is 9.48 Å². The number of ether oxygens (including phenoxy) is 1. The fourth-order valence-corrected chi connectivity index (χ4v) is 2.36. The normalized spacial score (nSPS) is 14.0. The van der Waals surface area contributed by atoms with Crippen LogP contribution >= 0.6 is 0 Å².